The van der Waals surface area contributed by atoms with Gasteiger partial charge >= 0.3 is 0 Å². The summed E-state index contributed by atoms with van der Waals surface area (Å²) in [5.41, 5.74) is 3.62. The van der Waals surface area contributed by atoms with Gasteiger partial charge in [0.2, 0.25) is 0 Å². The van der Waals surface area contributed by atoms with E-state index in [-0.39, 0.29) is 18.4 Å². The van der Waals surface area contributed by atoms with E-state index in [0.29, 0.717) is 22.7 Å². The van der Waals surface area contributed by atoms with Crippen molar-refractivity contribution in [2.24, 2.45) is 0 Å². The molecule has 0 spiro atoms. The molecule has 0 aliphatic rings. The lowest BCUT2D eigenvalue weighted by atomic mass is 10.1. The molecular formula is C23H22N2O3. The Morgan fingerprint density at radius 3 is 2.29 bits per heavy atom. The highest BCUT2D eigenvalue weighted by molar-refractivity contribution is 6.10. The van der Waals surface area contributed by atoms with Gasteiger partial charge < -0.3 is 15.4 Å². The summed E-state index contributed by atoms with van der Waals surface area (Å²) < 4.78 is 5.52. The molecule has 0 unspecified atom stereocenters. The third-order valence-corrected chi connectivity index (χ3v) is 4.08. The molecule has 0 bridgehead atoms. The van der Waals surface area contributed by atoms with E-state index < -0.39 is 0 Å². The van der Waals surface area contributed by atoms with E-state index >= 15 is 0 Å². The smallest absolute Gasteiger partial charge is 0.262 e. The highest BCUT2D eigenvalue weighted by atomic mass is 16.5. The van der Waals surface area contributed by atoms with E-state index in [1.807, 2.05) is 56.3 Å². The molecule has 0 saturated carbocycles. The van der Waals surface area contributed by atoms with E-state index in [4.69, 9.17) is 4.74 Å². The Morgan fingerprint density at radius 1 is 0.821 bits per heavy atom. The van der Waals surface area contributed by atoms with Gasteiger partial charge in [-0.25, -0.2) is 0 Å². The normalized spacial score (nSPS) is 10.2. The molecule has 142 valence electrons. The summed E-state index contributed by atoms with van der Waals surface area (Å²) in [7, 11) is 0. The van der Waals surface area contributed by atoms with E-state index in [1.54, 1.807) is 30.3 Å². The Labute approximate surface area is 164 Å². The van der Waals surface area contributed by atoms with Crippen molar-refractivity contribution >= 4 is 23.2 Å². The molecule has 3 aromatic rings. The first kappa shape index (κ1) is 19.2. The minimum atomic E-state index is -0.336. The molecule has 3 aromatic carbocycles. The Morgan fingerprint density at radius 2 is 1.54 bits per heavy atom. The summed E-state index contributed by atoms with van der Waals surface area (Å²) >= 11 is 0. The molecule has 0 fully saturated rings. The SMILES string of the molecule is Cc1cccc(NC(=O)c2ccccc2NC(=O)COc2cccc(C)c2)c1. The largest absolute Gasteiger partial charge is 0.484 e. The highest BCUT2D eigenvalue weighted by Gasteiger charge is 2.14. The van der Waals surface area contributed by atoms with Gasteiger partial charge in [-0.15, -0.1) is 0 Å². The second-order valence-electron chi connectivity index (χ2n) is 6.52. The van der Waals surface area contributed by atoms with Crippen LogP contribution in [0.1, 0.15) is 21.5 Å². The number of ether oxygens (including phenoxy) is 1. The van der Waals surface area contributed by atoms with Crippen LogP contribution in [0.15, 0.2) is 72.8 Å². The zero-order valence-corrected chi connectivity index (χ0v) is 15.9. The average molecular weight is 374 g/mol. The zero-order chi connectivity index (χ0) is 19.9. The molecule has 5 nitrogen and oxygen atoms in total. The van der Waals surface area contributed by atoms with Gasteiger partial charge in [0, 0.05) is 5.69 Å². The van der Waals surface area contributed by atoms with Crippen molar-refractivity contribution in [3.63, 3.8) is 0 Å². The molecule has 2 amide bonds. The Balaban J connectivity index is 1.66. The first-order valence-electron chi connectivity index (χ1n) is 8.97. The molecular weight excluding hydrogens is 352 g/mol. The Hall–Kier alpha value is -3.60. The Bertz CT molecular complexity index is 998. The number of hydrogen-bond donors (Lipinski definition) is 2. The van der Waals surface area contributed by atoms with Gasteiger partial charge in [-0.05, 0) is 61.4 Å². The van der Waals surface area contributed by atoms with E-state index in [1.165, 1.54) is 0 Å². The van der Waals surface area contributed by atoms with Crippen molar-refractivity contribution in [3.05, 3.63) is 89.5 Å². The van der Waals surface area contributed by atoms with Gasteiger partial charge in [-0.2, -0.15) is 0 Å². The van der Waals surface area contributed by atoms with Crippen molar-refractivity contribution < 1.29 is 14.3 Å². The van der Waals surface area contributed by atoms with E-state index in [2.05, 4.69) is 10.6 Å². The second-order valence-corrected chi connectivity index (χ2v) is 6.52. The molecule has 3 rings (SSSR count). The molecule has 0 aromatic heterocycles. The van der Waals surface area contributed by atoms with Crippen LogP contribution in [-0.2, 0) is 4.79 Å². The number of carbonyl (C=O) groups excluding carboxylic acids is 2. The lowest BCUT2D eigenvalue weighted by molar-refractivity contribution is -0.118. The molecule has 0 atom stereocenters. The van der Waals surface area contributed by atoms with Crippen LogP contribution in [0.2, 0.25) is 0 Å². The van der Waals surface area contributed by atoms with Gasteiger partial charge in [0.05, 0.1) is 11.3 Å². The first-order chi connectivity index (χ1) is 13.5. The Kier molecular flexibility index (Phi) is 6.07. The number of carbonyl (C=O) groups is 2. The van der Waals surface area contributed by atoms with Gasteiger partial charge in [-0.3, -0.25) is 9.59 Å². The van der Waals surface area contributed by atoms with Gasteiger partial charge in [0.15, 0.2) is 6.61 Å². The highest BCUT2D eigenvalue weighted by Crippen LogP contribution is 2.18. The van der Waals surface area contributed by atoms with Crippen molar-refractivity contribution in [1.29, 1.82) is 0 Å². The molecule has 0 saturated heterocycles. The topological polar surface area (TPSA) is 67.4 Å². The number of nitrogens with one attached hydrogen (secondary N) is 2. The van der Waals surface area contributed by atoms with E-state index in [0.717, 1.165) is 11.1 Å². The molecule has 0 aliphatic heterocycles. The zero-order valence-electron chi connectivity index (χ0n) is 15.9. The first-order valence-corrected chi connectivity index (χ1v) is 8.97. The molecule has 28 heavy (non-hydrogen) atoms. The number of benzene rings is 3. The summed E-state index contributed by atoms with van der Waals surface area (Å²) in [4.78, 5) is 24.9. The van der Waals surface area contributed by atoms with E-state index in [9.17, 15) is 9.59 Å². The predicted molar refractivity (Wildman–Crippen MR) is 111 cm³/mol. The number of aryl methyl sites for hydroxylation is 2. The summed E-state index contributed by atoms with van der Waals surface area (Å²) in [6.45, 7) is 3.77. The molecule has 0 heterocycles. The third-order valence-electron chi connectivity index (χ3n) is 4.08. The number of hydrogen-bond acceptors (Lipinski definition) is 3. The quantitative estimate of drug-likeness (QED) is 0.664. The van der Waals surface area contributed by atoms with Crippen LogP contribution in [0.5, 0.6) is 5.75 Å². The fraction of sp³-hybridized carbons (Fsp3) is 0.130. The standard InChI is InChI=1S/C23H22N2O3/c1-16-7-5-9-18(13-16)24-23(27)20-11-3-4-12-21(20)25-22(26)15-28-19-10-6-8-17(2)14-19/h3-14H,15H2,1-2H3,(H,24,27)(H,25,26). The summed E-state index contributed by atoms with van der Waals surface area (Å²) in [6.07, 6.45) is 0. The lowest BCUT2D eigenvalue weighted by Gasteiger charge is -2.12. The number of amides is 2. The minimum Gasteiger partial charge on any atom is -0.484 e. The van der Waals surface area contributed by atoms with Crippen molar-refractivity contribution in [3.8, 4) is 5.75 Å². The molecule has 5 heteroatoms. The monoisotopic (exact) mass is 374 g/mol. The van der Waals surface area contributed by atoms with Gasteiger partial charge in [-0.1, -0.05) is 36.4 Å². The molecule has 0 aliphatic carbocycles. The summed E-state index contributed by atoms with van der Waals surface area (Å²) in [5.74, 6) is -0.000889. The maximum absolute atomic E-state index is 12.7. The minimum absolute atomic E-state index is 0.142. The van der Waals surface area contributed by atoms with Crippen molar-refractivity contribution in [2.45, 2.75) is 13.8 Å². The van der Waals surface area contributed by atoms with Crippen LogP contribution in [0.4, 0.5) is 11.4 Å². The maximum Gasteiger partial charge on any atom is 0.262 e. The van der Waals surface area contributed by atoms with Crippen LogP contribution < -0.4 is 15.4 Å². The number of para-hydroxylation sites is 1. The molecule has 0 radical (unpaired) electrons. The number of rotatable bonds is 6. The van der Waals surface area contributed by atoms with Crippen LogP contribution in [0.25, 0.3) is 0 Å². The fourth-order valence-corrected chi connectivity index (χ4v) is 2.75. The van der Waals surface area contributed by atoms with Crippen LogP contribution in [0.3, 0.4) is 0 Å². The van der Waals surface area contributed by atoms with Crippen LogP contribution in [-0.4, -0.2) is 18.4 Å². The summed E-state index contributed by atoms with van der Waals surface area (Å²) in [6, 6.07) is 21.9. The maximum atomic E-state index is 12.7. The predicted octanol–water partition coefficient (Wildman–Crippen LogP) is 4.57. The fourth-order valence-electron chi connectivity index (χ4n) is 2.75. The van der Waals surface area contributed by atoms with Crippen molar-refractivity contribution in [2.75, 3.05) is 17.2 Å². The lowest BCUT2D eigenvalue weighted by Crippen LogP contribution is -2.22. The van der Waals surface area contributed by atoms with Crippen LogP contribution in [0, 0.1) is 13.8 Å². The van der Waals surface area contributed by atoms with Crippen molar-refractivity contribution in [1.82, 2.24) is 0 Å². The summed E-state index contributed by atoms with van der Waals surface area (Å²) in [5, 5.41) is 5.60. The van der Waals surface area contributed by atoms with Gasteiger partial charge in [0.1, 0.15) is 5.75 Å². The average Bonchev–Trinajstić information content (AvgIpc) is 2.67. The third kappa shape index (κ3) is 5.20. The van der Waals surface area contributed by atoms with Crippen LogP contribution >= 0.6 is 0 Å². The van der Waals surface area contributed by atoms with Gasteiger partial charge in [0.25, 0.3) is 11.8 Å². The molecule has 2 N–H and O–H groups in total. The number of anilines is 2. The second kappa shape index (κ2) is 8.86.